The van der Waals surface area contributed by atoms with Crippen LogP contribution in [0.4, 0.5) is 11.5 Å². The fraction of sp³-hybridized carbons (Fsp3) is 0.278. The standard InChI is InChI=1S/C18H20N4O2/c23-17(20-15-6-2-1-3-7-15)14-18(24)22-12-10-21(11-13-22)16-8-4-5-9-19-16/h1-9H,10-14H2,(H,20,23). The fourth-order valence-corrected chi connectivity index (χ4v) is 2.70. The molecule has 2 aromatic rings. The van der Waals surface area contributed by atoms with Gasteiger partial charge in [0.05, 0.1) is 0 Å². The minimum absolute atomic E-state index is 0.127. The molecule has 0 saturated carbocycles. The summed E-state index contributed by atoms with van der Waals surface area (Å²) in [5.41, 5.74) is 0.704. The minimum atomic E-state index is -0.279. The average molecular weight is 324 g/mol. The number of piperazine rings is 1. The molecule has 2 amide bonds. The number of carbonyl (C=O) groups excluding carboxylic acids is 2. The highest BCUT2D eigenvalue weighted by Crippen LogP contribution is 2.13. The Morgan fingerprint density at radius 3 is 2.33 bits per heavy atom. The van der Waals surface area contributed by atoms with Gasteiger partial charge in [0.1, 0.15) is 12.2 Å². The van der Waals surface area contributed by atoms with Gasteiger partial charge in [0.15, 0.2) is 0 Å². The van der Waals surface area contributed by atoms with Crippen molar-refractivity contribution in [3.05, 3.63) is 54.7 Å². The minimum Gasteiger partial charge on any atom is -0.353 e. The van der Waals surface area contributed by atoms with Crippen LogP contribution in [0.15, 0.2) is 54.7 Å². The summed E-state index contributed by atoms with van der Waals surface area (Å²) in [6, 6.07) is 15.0. The molecule has 1 N–H and O–H groups in total. The quantitative estimate of drug-likeness (QED) is 0.871. The van der Waals surface area contributed by atoms with Gasteiger partial charge in [-0.15, -0.1) is 0 Å². The molecule has 2 heterocycles. The van der Waals surface area contributed by atoms with E-state index in [1.807, 2.05) is 36.4 Å². The van der Waals surface area contributed by atoms with Gasteiger partial charge in [-0.25, -0.2) is 4.98 Å². The zero-order valence-corrected chi connectivity index (χ0v) is 13.4. The first kappa shape index (κ1) is 16.0. The second-order valence-electron chi connectivity index (χ2n) is 5.65. The molecule has 1 aliphatic rings. The fourth-order valence-electron chi connectivity index (χ4n) is 2.70. The summed E-state index contributed by atoms with van der Waals surface area (Å²) in [4.78, 5) is 32.5. The summed E-state index contributed by atoms with van der Waals surface area (Å²) in [6.45, 7) is 2.66. The smallest absolute Gasteiger partial charge is 0.233 e. The highest BCUT2D eigenvalue weighted by Gasteiger charge is 2.23. The Morgan fingerprint density at radius 2 is 1.67 bits per heavy atom. The molecule has 3 rings (SSSR count). The van der Waals surface area contributed by atoms with Gasteiger partial charge in [0.25, 0.3) is 0 Å². The number of pyridine rings is 1. The first-order valence-corrected chi connectivity index (χ1v) is 8.01. The lowest BCUT2D eigenvalue weighted by Crippen LogP contribution is -2.49. The van der Waals surface area contributed by atoms with Gasteiger partial charge in [0, 0.05) is 38.1 Å². The molecule has 124 valence electrons. The molecule has 1 aliphatic heterocycles. The van der Waals surface area contributed by atoms with Gasteiger partial charge in [0.2, 0.25) is 11.8 Å². The lowest BCUT2D eigenvalue weighted by atomic mass is 10.2. The van der Waals surface area contributed by atoms with Crippen molar-refractivity contribution in [1.29, 1.82) is 0 Å². The van der Waals surface area contributed by atoms with Crippen LogP contribution >= 0.6 is 0 Å². The number of amides is 2. The normalized spacial score (nSPS) is 14.3. The monoisotopic (exact) mass is 324 g/mol. The van der Waals surface area contributed by atoms with Crippen molar-refractivity contribution in [3.8, 4) is 0 Å². The van der Waals surface area contributed by atoms with Crippen molar-refractivity contribution < 1.29 is 9.59 Å². The number of hydrogen-bond acceptors (Lipinski definition) is 4. The van der Waals surface area contributed by atoms with E-state index in [-0.39, 0.29) is 18.2 Å². The van der Waals surface area contributed by atoms with Crippen LogP contribution in [-0.2, 0) is 9.59 Å². The average Bonchev–Trinajstić information content (AvgIpc) is 2.63. The molecule has 0 unspecified atom stereocenters. The van der Waals surface area contributed by atoms with E-state index >= 15 is 0 Å². The predicted molar refractivity (Wildman–Crippen MR) is 92.7 cm³/mol. The number of carbonyl (C=O) groups is 2. The SMILES string of the molecule is O=C(CC(=O)N1CCN(c2ccccn2)CC1)Nc1ccccc1. The number of nitrogens with one attached hydrogen (secondary N) is 1. The third kappa shape index (κ3) is 4.10. The molecular formula is C18H20N4O2. The highest BCUT2D eigenvalue weighted by molar-refractivity contribution is 6.03. The maximum Gasteiger partial charge on any atom is 0.233 e. The molecule has 1 aromatic heterocycles. The van der Waals surface area contributed by atoms with Gasteiger partial charge in [-0.3, -0.25) is 9.59 Å². The van der Waals surface area contributed by atoms with Crippen molar-refractivity contribution >= 4 is 23.3 Å². The van der Waals surface area contributed by atoms with E-state index in [0.717, 1.165) is 18.9 Å². The summed E-state index contributed by atoms with van der Waals surface area (Å²) in [6.07, 6.45) is 1.64. The predicted octanol–water partition coefficient (Wildman–Crippen LogP) is 1.76. The molecule has 0 radical (unpaired) electrons. The van der Waals surface area contributed by atoms with E-state index in [2.05, 4.69) is 15.2 Å². The number of aromatic nitrogens is 1. The molecule has 6 heteroatoms. The number of para-hydroxylation sites is 1. The Labute approximate surface area is 141 Å². The van der Waals surface area contributed by atoms with Crippen molar-refractivity contribution in [3.63, 3.8) is 0 Å². The van der Waals surface area contributed by atoms with Crippen LogP contribution in [0.25, 0.3) is 0 Å². The molecule has 0 atom stereocenters. The molecule has 1 fully saturated rings. The van der Waals surface area contributed by atoms with E-state index in [0.29, 0.717) is 18.8 Å². The first-order chi connectivity index (χ1) is 11.7. The zero-order chi connectivity index (χ0) is 16.8. The molecule has 6 nitrogen and oxygen atoms in total. The Kier molecular flexibility index (Phi) is 5.05. The Hall–Kier alpha value is -2.89. The highest BCUT2D eigenvalue weighted by atomic mass is 16.2. The molecule has 1 aromatic carbocycles. The van der Waals surface area contributed by atoms with Crippen molar-refractivity contribution in [2.75, 3.05) is 36.4 Å². The Morgan fingerprint density at radius 1 is 0.958 bits per heavy atom. The maximum absolute atomic E-state index is 12.3. The van der Waals surface area contributed by atoms with Crippen LogP contribution in [0.3, 0.4) is 0 Å². The Balaban J connectivity index is 1.47. The van der Waals surface area contributed by atoms with Gasteiger partial charge in [-0.1, -0.05) is 24.3 Å². The zero-order valence-electron chi connectivity index (χ0n) is 13.4. The van der Waals surface area contributed by atoms with Crippen LogP contribution in [0, 0.1) is 0 Å². The maximum atomic E-state index is 12.3. The van der Waals surface area contributed by atoms with Crippen molar-refractivity contribution in [2.45, 2.75) is 6.42 Å². The lowest BCUT2D eigenvalue weighted by Gasteiger charge is -2.35. The Bertz CT molecular complexity index is 683. The van der Waals surface area contributed by atoms with Gasteiger partial charge in [-0.05, 0) is 24.3 Å². The molecule has 0 spiro atoms. The van der Waals surface area contributed by atoms with E-state index in [1.165, 1.54) is 0 Å². The summed E-state index contributed by atoms with van der Waals surface area (Å²) < 4.78 is 0. The van der Waals surface area contributed by atoms with E-state index in [4.69, 9.17) is 0 Å². The molecule has 1 saturated heterocycles. The second-order valence-corrected chi connectivity index (χ2v) is 5.65. The summed E-state index contributed by atoms with van der Waals surface area (Å²) in [7, 11) is 0. The summed E-state index contributed by atoms with van der Waals surface area (Å²) >= 11 is 0. The van der Waals surface area contributed by atoms with Crippen molar-refractivity contribution in [2.24, 2.45) is 0 Å². The summed E-state index contributed by atoms with van der Waals surface area (Å²) in [5.74, 6) is 0.508. The second kappa shape index (κ2) is 7.59. The summed E-state index contributed by atoms with van der Waals surface area (Å²) in [5, 5.41) is 2.74. The van der Waals surface area contributed by atoms with Gasteiger partial charge in [-0.2, -0.15) is 0 Å². The van der Waals surface area contributed by atoms with E-state index < -0.39 is 0 Å². The third-order valence-electron chi connectivity index (χ3n) is 3.97. The number of rotatable bonds is 4. The largest absolute Gasteiger partial charge is 0.353 e. The number of hydrogen-bond donors (Lipinski definition) is 1. The molecule has 0 bridgehead atoms. The number of benzene rings is 1. The van der Waals surface area contributed by atoms with Crippen LogP contribution in [0.2, 0.25) is 0 Å². The van der Waals surface area contributed by atoms with Gasteiger partial charge < -0.3 is 15.1 Å². The van der Waals surface area contributed by atoms with Crippen molar-refractivity contribution in [1.82, 2.24) is 9.88 Å². The molecular weight excluding hydrogens is 304 g/mol. The topological polar surface area (TPSA) is 65.5 Å². The lowest BCUT2D eigenvalue weighted by molar-refractivity contribution is -0.134. The number of anilines is 2. The van der Waals surface area contributed by atoms with Crippen LogP contribution in [-0.4, -0.2) is 47.9 Å². The molecule has 24 heavy (non-hydrogen) atoms. The van der Waals surface area contributed by atoms with Crippen LogP contribution < -0.4 is 10.2 Å². The first-order valence-electron chi connectivity index (χ1n) is 8.01. The van der Waals surface area contributed by atoms with Gasteiger partial charge >= 0.3 is 0 Å². The van der Waals surface area contributed by atoms with E-state index in [1.54, 1.807) is 23.2 Å². The molecule has 0 aliphatic carbocycles. The van der Waals surface area contributed by atoms with Crippen LogP contribution in [0.1, 0.15) is 6.42 Å². The third-order valence-corrected chi connectivity index (χ3v) is 3.97. The van der Waals surface area contributed by atoms with Crippen LogP contribution in [0.5, 0.6) is 0 Å². The number of nitrogens with zero attached hydrogens (tertiary/aromatic N) is 3. The van der Waals surface area contributed by atoms with E-state index in [9.17, 15) is 9.59 Å².